The number of nitrogens with zero attached hydrogens (tertiary/aromatic N) is 4. The van der Waals surface area contributed by atoms with Gasteiger partial charge in [0, 0.05) is 31.5 Å². The molecule has 0 atom stereocenters. The van der Waals surface area contributed by atoms with Crippen LogP contribution in [0.15, 0.2) is 18.2 Å². The number of aromatic nitrogens is 4. The van der Waals surface area contributed by atoms with Gasteiger partial charge in [-0.15, -0.1) is 5.10 Å². The summed E-state index contributed by atoms with van der Waals surface area (Å²) in [7, 11) is 1.70. The number of unbranched alkanes of at least 4 members (excludes halogenated alkanes) is 1. The highest BCUT2D eigenvalue weighted by Crippen LogP contribution is 2.27. The summed E-state index contributed by atoms with van der Waals surface area (Å²) in [5.41, 5.74) is 8.72. The number of aryl methyl sites for hydroxylation is 2. The Hall–Kier alpha value is -1.95. The Kier molecular flexibility index (Phi) is 4.46. The van der Waals surface area contributed by atoms with Gasteiger partial charge in [-0.2, -0.15) is 0 Å². The van der Waals surface area contributed by atoms with E-state index in [1.165, 1.54) is 0 Å². The van der Waals surface area contributed by atoms with Gasteiger partial charge in [-0.25, -0.2) is 4.68 Å². The molecule has 1 aromatic heterocycles. The van der Waals surface area contributed by atoms with Crippen LogP contribution < -0.4 is 5.73 Å². The summed E-state index contributed by atoms with van der Waals surface area (Å²) in [4.78, 5) is 0. The van der Waals surface area contributed by atoms with Crippen LogP contribution >= 0.6 is 0 Å². The number of ether oxygens (including phenoxy) is 1. The molecule has 1 aromatic carbocycles. The van der Waals surface area contributed by atoms with Gasteiger partial charge >= 0.3 is 0 Å². The van der Waals surface area contributed by atoms with Gasteiger partial charge in [0.05, 0.1) is 0 Å². The molecule has 2 rings (SSSR count). The fourth-order valence-corrected chi connectivity index (χ4v) is 2.04. The first kappa shape index (κ1) is 13.5. The molecule has 0 unspecified atom stereocenters. The smallest absolute Gasteiger partial charge is 0.184 e. The average molecular weight is 261 g/mol. The zero-order valence-electron chi connectivity index (χ0n) is 11.3. The van der Waals surface area contributed by atoms with Crippen molar-refractivity contribution in [1.29, 1.82) is 0 Å². The topological polar surface area (TPSA) is 78.8 Å². The molecule has 19 heavy (non-hydrogen) atoms. The third kappa shape index (κ3) is 3.08. The second-order valence-corrected chi connectivity index (χ2v) is 4.46. The number of benzene rings is 1. The molecule has 6 nitrogen and oxygen atoms in total. The SMILES string of the molecule is COCCCCn1nnnc1-c1c(C)cccc1N. The van der Waals surface area contributed by atoms with E-state index in [0.717, 1.165) is 42.9 Å². The van der Waals surface area contributed by atoms with Crippen molar-refractivity contribution in [2.24, 2.45) is 0 Å². The van der Waals surface area contributed by atoms with Crippen LogP contribution in [0.1, 0.15) is 18.4 Å². The van der Waals surface area contributed by atoms with Crippen LogP contribution in [0, 0.1) is 6.92 Å². The molecule has 0 saturated heterocycles. The first-order valence-corrected chi connectivity index (χ1v) is 6.34. The van der Waals surface area contributed by atoms with Gasteiger partial charge in [0.2, 0.25) is 0 Å². The number of anilines is 1. The Morgan fingerprint density at radius 1 is 1.32 bits per heavy atom. The van der Waals surface area contributed by atoms with Crippen molar-refractivity contribution in [1.82, 2.24) is 20.2 Å². The van der Waals surface area contributed by atoms with Crippen molar-refractivity contribution >= 4 is 5.69 Å². The summed E-state index contributed by atoms with van der Waals surface area (Å²) in [5, 5.41) is 11.9. The summed E-state index contributed by atoms with van der Waals surface area (Å²) in [5.74, 6) is 0.730. The van der Waals surface area contributed by atoms with Crippen LogP contribution in [0.25, 0.3) is 11.4 Å². The molecule has 0 radical (unpaired) electrons. The van der Waals surface area contributed by atoms with E-state index in [9.17, 15) is 0 Å². The predicted molar refractivity (Wildman–Crippen MR) is 73.5 cm³/mol. The minimum Gasteiger partial charge on any atom is -0.398 e. The lowest BCUT2D eigenvalue weighted by atomic mass is 10.1. The van der Waals surface area contributed by atoms with E-state index in [4.69, 9.17) is 10.5 Å². The van der Waals surface area contributed by atoms with E-state index in [1.54, 1.807) is 11.8 Å². The fraction of sp³-hybridized carbons (Fsp3) is 0.462. The molecule has 1 heterocycles. The molecule has 2 N–H and O–H groups in total. The Morgan fingerprint density at radius 2 is 2.16 bits per heavy atom. The lowest BCUT2D eigenvalue weighted by Crippen LogP contribution is -2.06. The molecule has 6 heteroatoms. The monoisotopic (exact) mass is 261 g/mol. The Balaban J connectivity index is 2.19. The number of hydrogen-bond acceptors (Lipinski definition) is 5. The quantitative estimate of drug-likeness (QED) is 0.632. The standard InChI is InChI=1S/C13H19N5O/c1-10-6-5-7-11(14)12(10)13-15-16-17-18(13)8-3-4-9-19-2/h5-7H,3-4,8-9,14H2,1-2H3. The van der Waals surface area contributed by atoms with E-state index in [1.807, 2.05) is 25.1 Å². The maximum absolute atomic E-state index is 6.03. The lowest BCUT2D eigenvalue weighted by molar-refractivity contribution is 0.191. The van der Waals surface area contributed by atoms with Crippen LogP contribution in [0.2, 0.25) is 0 Å². The highest BCUT2D eigenvalue weighted by Gasteiger charge is 2.13. The van der Waals surface area contributed by atoms with E-state index < -0.39 is 0 Å². The lowest BCUT2D eigenvalue weighted by Gasteiger charge is -2.09. The summed E-state index contributed by atoms with van der Waals surface area (Å²) < 4.78 is 6.83. The van der Waals surface area contributed by atoms with Gasteiger partial charge in [-0.3, -0.25) is 0 Å². The number of methoxy groups -OCH3 is 1. The second-order valence-electron chi connectivity index (χ2n) is 4.46. The van der Waals surface area contributed by atoms with Gasteiger partial charge in [0.25, 0.3) is 0 Å². The normalized spacial score (nSPS) is 10.8. The van der Waals surface area contributed by atoms with Crippen molar-refractivity contribution in [3.63, 3.8) is 0 Å². The summed E-state index contributed by atoms with van der Waals surface area (Å²) in [6.07, 6.45) is 1.96. The van der Waals surface area contributed by atoms with Crippen LogP contribution in [0.4, 0.5) is 5.69 Å². The van der Waals surface area contributed by atoms with Gasteiger partial charge in [0.15, 0.2) is 5.82 Å². The van der Waals surface area contributed by atoms with Crippen LogP contribution in [0.5, 0.6) is 0 Å². The van der Waals surface area contributed by atoms with Crippen LogP contribution in [0.3, 0.4) is 0 Å². The fourth-order valence-electron chi connectivity index (χ4n) is 2.04. The molecule has 0 bridgehead atoms. The van der Waals surface area contributed by atoms with Crippen molar-refractivity contribution in [2.45, 2.75) is 26.3 Å². The molecule has 0 aliphatic rings. The maximum Gasteiger partial charge on any atom is 0.184 e. The van der Waals surface area contributed by atoms with Crippen molar-refractivity contribution < 1.29 is 4.74 Å². The summed E-state index contributed by atoms with van der Waals surface area (Å²) in [6.45, 7) is 3.53. The van der Waals surface area contributed by atoms with Crippen molar-refractivity contribution in [2.75, 3.05) is 19.5 Å². The molecular weight excluding hydrogens is 242 g/mol. The first-order chi connectivity index (χ1) is 9.24. The molecule has 2 aromatic rings. The third-order valence-electron chi connectivity index (χ3n) is 3.03. The molecular formula is C13H19N5O. The van der Waals surface area contributed by atoms with Crippen LogP contribution in [-0.4, -0.2) is 33.9 Å². The van der Waals surface area contributed by atoms with E-state index in [-0.39, 0.29) is 0 Å². The maximum atomic E-state index is 6.03. The van der Waals surface area contributed by atoms with Gasteiger partial charge in [0.1, 0.15) is 0 Å². The number of tetrazole rings is 1. The van der Waals surface area contributed by atoms with E-state index in [0.29, 0.717) is 5.69 Å². The zero-order chi connectivity index (χ0) is 13.7. The molecule has 102 valence electrons. The second kappa shape index (κ2) is 6.29. The minimum absolute atomic E-state index is 0.702. The van der Waals surface area contributed by atoms with Crippen molar-refractivity contribution in [3.05, 3.63) is 23.8 Å². The highest BCUT2D eigenvalue weighted by atomic mass is 16.5. The Morgan fingerprint density at radius 3 is 2.89 bits per heavy atom. The molecule has 0 aliphatic carbocycles. The largest absolute Gasteiger partial charge is 0.398 e. The highest BCUT2D eigenvalue weighted by molar-refractivity contribution is 5.74. The first-order valence-electron chi connectivity index (χ1n) is 6.34. The van der Waals surface area contributed by atoms with Gasteiger partial charge < -0.3 is 10.5 Å². The van der Waals surface area contributed by atoms with Crippen molar-refractivity contribution in [3.8, 4) is 11.4 Å². The number of nitrogens with two attached hydrogens (primary N) is 1. The van der Waals surface area contributed by atoms with Crippen LogP contribution in [-0.2, 0) is 11.3 Å². The minimum atomic E-state index is 0.702. The van der Waals surface area contributed by atoms with E-state index >= 15 is 0 Å². The van der Waals surface area contributed by atoms with Gasteiger partial charge in [-0.05, 0) is 41.8 Å². The average Bonchev–Trinajstić information content (AvgIpc) is 2.83. The number of rotatable bonds is 6. The molecule has 0 saturated carbocycles. The molecule has 0 aliphatic heterocycles. The Bertz CT molecular complexity index is 517. The summed E-state index contributed by atoms with van der Waals surface area (Å²) in [6, 6.07) is 5.81. The van der Waals surface area contributed by atoms with Gasteiger partial charge in [-0.1, -0.05) is 12.1 Å². The number of nitrogen functional groups attached to an aromatic ring is 1. The van der Waals surface area contributed by atoms with E-state index in [2.05, 4.69) is 15.5 Å². The third-order valence-corrected chi connectivity index (χ3v) is 3.03. The number of hydrogen-bond donors (Lipinski definition) is 1. The Labute approximate surface area is 112 Å². The predicted octanol–water partition coefficient (Wildman–Crippen LogP) is 1.66. The summed E-state index contributed by atoms with van der Waals surface area (Å²) >= 11 is 0. The zero-order valence-corrected chi connectivity index (χ0v) is 11.3. The molecule has 0 fully saturated rings. The molecule has 0 spiro atoms. The molecule has 0 amide bonds.